The molecule has 0 fully saturated rings. The zero-order chi connectivity index (χ0) is 26.6. The molecule has 5 rings (SSSR count). The molecule has 0 saturated heterocycles. The van der Waals surface area contributed by atoms with Gasteiger partial charge >= 0.3 is 17.5 Å². The van der Waals surface area contributed by atoms with Crippen LogP contribution in [0.4, 0.5) is 4.79 Å². The van der Waals surface area contributed by atoms with Crippen LogP contribution >= 0.6 is 0 Å². The molecule has 0 amide bonds. The largest absolute Gasteiger partial charge is 0.514 e. The zero-order valence-electron chi connectivity index (χ0n) is 21.2. The number of hydrogen-bond acceptors (Lipinski definition) is 7. The van der Waals surface area contributed by atoms with Crippen LogP contribution in [-0.2, 0) is 11.3 Å². The van der Waals surface area contributed by atoms with Crippen molar-refractivity contribution in [3.05, 3.63) is 86.2 Å². The van der Waals surface area contributed by atoms with E-state index >= 15 is 0 Å². The smallest absolute Gasteiger partial charge is 0.483 e. The summed E-state index contributed by atoms with van der Waals surface area (Å²) >= 11 is 0. The molecule has 3 heterocycles. The maximum atomic E-state index is 13.7. The fourth-order valence-electron chi connectivity index (χ4n) is 4.82. The highest BCUT2D eigenvalue weighted by molar-refractivity contribution is 5.94. The van der Waals surface area contributed by atoms with Gasteiger partial charge in [-0.3, -0.25) is 4.79 Å². The fourth-order valence-corrected chi connectivity index (χ4v) is 4.82. The number of carbonyl (C=O) groups is 2. The molecule has 2 aliphatic heterocycles. The Hall–Kier alpha value is -4.34. The monoisotopic (exact) mass is 505 g/mol. The van der Waals surface area contributed by atoms with Gasteiger partial charge in [0.15, 0.2) is 5.78 Å². The molecule has 192 valence electrons. The van der Waals surface area contributed by atoms with Crippen molar-refractivity contribution in [3.63, 3.8) is 0 Å². The second kappa shape index (κ2) is 8.65. The Morgan fingerprint density at radius 3 is 2.41 bits per heavy atom. The van der Waals surface area contributed by atoms with E-state index in [4.69, 9.17) is 14.2 Å². The number of carbonyl (C=O) groups excluding carboxylic acids is 2. The van der Waals surface area contributed by atoms with E-state index in [0.717, 1.165) is 10.1 Å². The summed E-state index contributed by atoms with van der Waals surface area (Å²) in [7, 11) is 0. The first-order valence-electron chi connectivity index (χ1n) is 12.0. The molecule has 37 heavy (non-hydrogen) atoms. The molecule has 2 aliphatic rings. The molecule has 3 aromatic rings. The first kappa shape index (κ1) is 24.4. The van der Waals surface area contributed by atoms with E-state index in [1.807, 2.05) is 19.9 Å². The topological polar surface area (TPSA) is 111 Å². The number of Topliss-reactive ketones (excluding diaryl/α,β-unsaturated/α-hetero) is 1. The molecule has 1 unspecified atom stereocenters. The molecule has 0 aliphatic carbocycles. The Kier molecular flexibility index (Phi) is 5.69. The SMILES string of the molecule is CC(=O)c1ccc(-n2c(=O)n3n(c2=O)C2C(=CC3)C(C)(C)Oc3cc(OC(=O)OC(C)C)ccc32)cc1. The number of aromatic nitrogens is 3. The van der Waals surface area contributed by atoms with Crippen LogP contribution in [-0.4, -0.2) is 37.6 Å². The van der Waals surface area contributed by atoms with E-state index in [1.165, 1.54) is 16.3 Å². The number of fused-ring (bicyclic) bond motifs is 5. The summed E-state index contributed by atoms with van der Waals surface area (Å²) in [6, 6.07) is 10.6. The minimum atomic E-state index is -0.832. The number of allylic oxidation sites excluding steroid dienone is 1. The molecule has 0 N–H and O–H groups in total. The maximum absolute atomic E-state index is 13.7. The van der Waals surface area contributed by atoms with Gasteiger partial charge in [-0.05, 0) is 76.6 Å². The van der Waals surface area contributed by atoms with Gasteiger partial charge in [0.2, 0.25) is 0 Å². The van der Waals surface area contributed by atoms with E-state index in [9.17, 15) is 19.2 Å². The highest BCUT2D eigenvalue weighted by Crippen LogP contribution is 2.47. The Balaban J connectivity index is 1.61. The van der Waals surface area contributed by atoms with Gasteiger partial charge in [-0.2, -0.15) is 0 Å². The summed E-state index contributed by atoms with van der Waals surface area (Å²) in [5.41, 5.74) is 0.531. The zero-order valence-corrected chi connectivity index (χ0v) is 21.2. The van der Waals surface area contributed by atoms with Gasteiger partial charge in [-0.25, -0.2) is 28.3 Å². The average molecular weight is 506 g/mol. The molecule has 1 aromatic heterocycles. The van der Waals surface area contributed by atoms with Crippen LogP contribution in [0.3, 0.4) is 0 Å². The standard InChI is InChI=1S/C27H27N3O7/c1-15(2)35-26(34)36-19-10-11-20-22(14-19)37-27(4,5)21-12-13-28-24(32)29(25(33)30(28)23(20)21)18-8-6-17(7-9-18)16(3)31/h6-12,14-15,23H,13H2,1-5H3. The van der Waals surface area contributed by atoms with Crippen molar-refractivity contribution >= 4 is 11.9 Å². The highest BCUT2D eigenvalue weighted by atomic mass is 16.7. The molecule has 0 bridgehead atoms. The van der Waals surface area contributed by atoms with Crippen LogP contribution in [0.5, 0.6) is 11.5 Å². The van der Waals surface area contributed by atoms with Crippen LogP contribution in [0.25, 0.3) is 5.69 Å². The van der Waals surface area contributed by atoms with E-state index in [-0.39, 0.29) is 24.2 Å². The van der Waals surface area contributed by atoms with Crippen LogP contribution < -0.4 is 20.9 Å². The van der Waals surface area contributed by atoms with E-state index in [0.29, 0.717) is 22.6 Å². The summed E-state index contributed by atoms with van der Waals surface area (Å²) < 4.78 is 20.5. The lowest BCUT2D eigenvalue weighted by molar-refractivity contribution is 0.0724. The molecule has 10 nitrogen and oxygen atoms in total. The fraction of sp³-hybridized carbons (Fsp3) is 0.333. The van der Waals surface area contributed by atoms with Gasteiger partial charge in [-0.15, -0.1) is 0 Å². The van der Waals surface area contributed by atoms with Crippen molar-refractivity contribution in [1.29, 1.82) is 0 Å². The third-order valence-electron chi connectivity index (χ3n) is 6.49. The minimum Gasteiger partial charge on any atom is -0.483 e. The lowest BCUT2D eigenvalue weighted by Gasteiger charge is -2.42. The second-order valence-electron chi connectivity index (χ2n) is 9.82. The number of ether oxygens (including phenoxy) is 3. The summed E-state index contributed by atoms with van der Waals surface area (Å²) in [4.78, 5) is 50.7. The number of benzene rings is 2. The van der Waals surface area contributed by atoms with Crippen molar-refractivity contribution in [2.24, 2.45) is 0 Å². The minimum absolute atomic E-state index is 0.109. The molecule has 0 radical (unpaired) electrons. The summed E-state index contributed by atoms with van der Waals surface area (Å²) in [5, 5.41) is 0. The average Bonchev–Trinajstić information content (AvgIpc) is 3.08. The molecule has 1 atom stereocenters. The molecule has 2 aromatic carbocycles. The first-order chi connectivity index (χ1) is 17.5. The van der Waals surface area contributed by atoms with E-state index in [2.05, 4.69) is 0 Å². The van der Waals surface area contributed by atoms with Crippen molar-refractivity contribution in [3.8, 4) is 17.2 Å². The Morgan fingerprint density at radius 1 is 1.05 bits per heavy atom. The number of rotatable bonds is 4. The third-order valence-corrected chi connectivity index (χ3v) is 6.49. The Bertz CT molecular complexity index is 1570. The predicted octanol–water partition coefficient (Wildman–Crippen LogP) is 3.63. The van der Waals surface area contributed by atoms with Gasteiger partial charge in [0, 0.05) is 17.2 Å². The normalized spacial score (nSPS) is 17.1. The maximum Gasteiger partial charge on any atom is 0.514 e. The van der Waals surface area contributed by atoms with Gasteiger partial charge in [0.25, 0.3) is 0 Å². The highest BCUT2D eigenvalue weighted by Gasteiger charge is 2.44. The molecule has 10 heteroatoms. The van der Waals surface area contributed by atoms with Crippen LogP contribution in [0, 0.1) is 0 Å². The predicted molar refractivity (Wildman–Crippen MR) is 134 cm³/mol. The Morgan fingerprint density at radius 2 is 1.76 bits per heavy atom. The summed E-state index contributed by atoms with van der Waals surface area (Å²) in [5.74, 6) is 0.548. The summed E-state index contributed by atoms with van der Waals surface area (Å²) in [6.45, 7) is 8.85. The lowest BCUT2D eigenvalue weighted by atomic mass is 9.83. The molecule has 0 spiro atoms. The second-order valence-corrected chi connectivity index (χ2v) is 9.82. The first-order valence-corrected chi connectivity index (χ1v) is 12.0. The lowest BCUT2D eigenvalue weighted by Crippen LogP contribution is -2.46. The summed E-state index contributed by atoms with van der Waals surface area (Å²) in [6.07, 6.45) is 0.741. The van der Waals surface area contributed by atoms with Gasteiger partial charge in [-0.1, -0.05) is 6.08 Å². The van der Waals surface area contributed by atoms with Gasteiger partial charge in [0.05, 0.1) is 18.3 Å². The van der Waals surface area contributed by atoms with Crippen LogP contribution in [0.15, 0.2) is 63.7 Å². The quantitative estimate of drug-likeness (QED) is 0.230. The molecular weight excluding hydrogens is 478 g/mol. The molecular formula is C27H27N3O7. The van der Waals surface area contributed by atoms with Crippen molar-refractivity contribution < 1.29 is 23.8 Å². The van der Waals surface area contributed by atoms with Crippen LogP contribution in [0.1, 0.15) is 56.6 Å². The van der Waals surface area contributed by atoms with Crippen molar-refractivity contribution in [1.82, 2.24) is 13.9 Å². The number of nitrogens with zero attached hydrogens (tertiary/aromatic N) is 3. The van der Waals surface area contributed by atoms with Crippen molar-refractivity contribution in [2.75, 3.05) is 0 Å². The van der Waals surface area contributed by atoms with Gasteiger partial charge < -0.3 is 14.2 Å². The number of hydrogen-bond donors (Lipinski definition) is 0. The van der Waals surface area contributed by atoms with Crippen molar-refractivity contribution in [2.45, 2.75) is 58.9 Å². The van der Waals surface area contributed by atoms with E-state index < -0.39 is 29.2 Å². The van der Waals surface area contributed by atoms with E-state index in [1.54, 1.807) is 56.3 Å². The van der Waals surface area contributed by atoms with Gasteiger partial charge in [0.1, 0.15) is 23.1 Å². The third kappa shape index (κ3) is 4.08. The molecule has 0 saturated carbocycles. The number of ketones is 1. The Labute approximate surface area is 212 Å². The van der Waals surface area contributed by atoms with Crippen LogP contribution in [0.2, 0.25) is 0 Å².